The lowest BCUT2D eigenvalue weighted by Gasteiger charge is -2.47. The number of carbonyl (C=O) groups excluding carboxylic acids is 2. The third kappa shape index (κ3) is 8.95. The van der Waals surface area contributed by atoms with Gasteiger partial charge in [0.25, 0.3) is 11.4 Å². The van der Waals surface area contributed by atoms with Crippen molar-refractivity contribution < 1.29 is 38.1 Å². The number of benzene rings is 6. The number of nitrogens with one attached hydrogen (secondary N) is 2. The van der Waals surface area contributed by atoms with Gasteiger partial charge in [0.05, 0.1) is 47.4 Å². The van der Waals surface area contributed by atoms with Gasteiger partial charge in [-0.1, -0.05) is 70.0 Å². The third-order valence-corrected chi connectivity index (χ3v) is 15.2. The Kier molecular flexibility index (Phi) is 13.7. The lowest BCUT2D eigenvalue weighted by Crippen LogP contribution is -2.61. The average molecular weight is 1080 g/mol. The monoisotopic (exact) mass is 1080 g/mol. The number of anilines is 4. The number of ether oxygens (including phenoxy) is 4. The smallest absolute Gasteiger partial charge is 0.260 e. The Morgan fingerprint density at radius 1 is 0.676 bits per heavy atom. The van der Waals surface area contributed by atoms with Crippen molar-refractivity contribution in [3.8, 4) is 23.0 Å². The van der Waals surface area contributed by atoms with Gasteiger partial charge in [0.1, 0.15) is 13.1 Å². The molecule has 0 saturated heterocycles. The Labute approximate surface area is 444 Å². The summed E-state index contributed by atoms with van der Waals surface area (Å²) in [7, 11) is 4.44. The highest BCUT2D eigenvalue weighted by Crippen LogP contribution is 2.58. The zero-order chi connectivity index (χ0) is 52.9. The van der Waals surface area contributed by atoms with Crippen LogP contribution in [0.15, 0.2) is 132 Å². The van der Waals surface area contributed by atoms with Gasteiger partial charge in [0.2, 0.25) is 23.3 Å². The van der Waals surface area contributed by atoms with Gasteiger partial charge in [-0.25, -0.2) is 0 Å². The number of methoxy groups -OCH3 is 1. The van der Waals surface area contributed by atoms with Gasteiger partial charge in [0.15, 0.2) is 37.1 Å². The molecule has 2 spiro atoms. The summed E-state index contributed by atoms with van der Waals surface area (Å²) in [5.74, 6) is 1.62. The number of aryl methyl sites for hydroxylation is 1. The van der Waals surface area contributed by atoms with Crippen LogP contribution in [0, 0.1) is 16.7 Å². The second kappa shape index (κ2) is 19.7. The van der Waals surface area contributed by atoms with Crippen molar-refractivity contribution in [2.75, 3.05) is 61.3 Å². The Balaban J connectivity index is 0.000000182. The topological polar surface area (TPSA) is 142 Å². The number of hydrogen-bond acceptors (Lipinski definition) is 10. The molecule has 0 bridgehead atoms. The first kappa shape index (κ1) is 51.4. The normalized spacial score (nSPS) is 18.7. The lowest BCUT2D eigenvalue weighted by molar-refractivity contribution is -0.428. The Morgan fingerprint density at radius 3 is 1.65 bits per heavy atom. The van der Waals surface area contributed by atoms with E-state index in [4.69, 9.17) is 30.5 Å². The highest BCUT2D eigenvalue weighted by Gasteiger charge is 2.61. The maximum atomic E-state index is 13.4. The molecule has 10 rings (SSSR count). The maximum Gasteiger partial charge on any atom is 0.260 e. The predicted molar refractivity (Wildman–Crippen MR) is 295 cm³/mol. The molecule has 0 fully saturated rings. The van der Waals surface area contributed by atoms with E-state index in [0.717, 1.165) is 53.2 Å². The summed E-state index contributed by atoms with van der Waals surface area (Å²) in [5.41, 5.74) is 5.56. The first-order chi connectivity index (χ1) is 35.2. The van der Waals surface area contributed by atoms with Crippen molar-refractivity contribution >= 4 is 85.6 Å². The fraction of sp³-hybridized carbons (Fsp3) is 0.276. The molecule has 380 valence electrons. The Morgan fingerprint density at radius 2 is 1.16 bits per heavy atom. The molecule has 0 aliphatic carbocycles. The number of rotatable bonds is 11. The molecular formula is C58H58BrClN6O8+2. The fourth-order valence-corrected chi connectivity index (χ4v) is 11.0. The fourth-order valence-electron chi connectivity index (χ4n) is 10.4. The van der Waals surface area contributed by atoms with Crippen molar-refractivity contribution in [2.24, 2.45) is 0 Å². The van der Waals surface area contributed by atoms with Crippen molar-refractivity contribution in [1.82, 2.24) is 0 Å². The van der Waals surface area contributed by atoms with E-state index in [1.807, 2.05) is 121 Å². The summed E-state index contributed by atoms with van der Waals surface area (Å²) < 4.78 is 27.8. The van der Waals surface area contributed by atoms with E-state index < -0.39 is 22.3 Å². The van der Waals surface area contributed by atoms with Crippen LogP contribution in [0.2, 0.25) is 5.02 Å². The van der Waals surface area contributed by atoms with Crippen LogP contribution in [0.25, 0.3) is 12.2 Å². The number of para-hydroxylation sites is 2. The van der Waals surface area contributed by atoms with E-state index in [1.54, 1.807) is 37.4 Å². The summed E-state index contributed by atoms with van der Waals surface area (Å²) in [6, 6.07) is 36.0. The average Bonchev–Trinajstić information content (AvgIpc) is 3.65. The first-order valence-corrected chi connectivity index (χ1v) is 25.4. The van der Waals surface area contributed by atoms with Crippen molar-refractivity contribution in [1.29, 1.82) is 0 Å². The summed E-state index contributed by atoms with van der Waals surface area (Å²) in [6.45, 7) is 12.8. The molecule has 4 aliphatic rings. The molecule has 4 heterocycles. The summed E-state index contributed by atoms with van der Waals surface area (Å²) in [5, 5.41) is 6.43. The lowest BCUT2D eigenvalue weighted by atomic mass is 9.76. The van der Waals surface area contributed by atoms with E-state index in [9.17, 15) is 19.4 Å². The van der Waals surface area contributed by atoms with Crippen LogP contribution in [0.1, 0.15) is 62.4 Å². The highest BCUT2D eigenvalue weighted by molar-refractivity contribution is 9.10. The number of fused-ring (bicyclic) bond motifs is 4. The van der Waals surface area contributed by atoms with Crippen LogP contribution < -0.4 is 39.4 Å². The molecule has 4 aliphatic heterocycles. The van der Waals surface area contributed by atoms with Gasteiger partial charge in [-0.3, -0.25) is 9.59 Å². The standard InChI is InChI=1S/C29H28BrN3O4.C29H28ClN3O4/c1-5-36-25-17-22(32(4)35)16-19-14-15-29(37-27(19)25)28(2,3)23-8-6-7-9-24(23)33(29)18-26(34)31-21-12-10-20(30)11-13-21;1-18-10-11-23(22(30)14-18)31-26(34)17-33-24-9-7-6-8-21(24)28(2,3)29(33)13-12-19-15-20(32(4)35)16-25(36-5)27(19)37-29/h6-17H,5,18H2,1-4H3;6-16H,17H2,1-5H3/p+2. The molecule has 2 amide bonds. The van der Waals surface area contributed by atoms with E-state index >= 15 is 0 Å². The van der Waals surface area contributed by atoms with E-state index in [1.165, 1.54) is 14.1 Å². The molecule has 0 saturated carbocycles. The van der Waals surface area contributed by atoms with Crippen LogP contribution in [0.4, 0.5) is 34.1 Å². The van der Waals surface area contributed by atoms with Crippen LogP contribution in [-0.2, 0) is 20.4 Å². The van der Waals surface area contributed by atoms with E-state index in [-0.39, 0.29) is 24.9 Å². The second-order valence-electron chi connectivity index (χ2n) is 19.7. The molecule has 6 aromatic rings. The summed E-state index contributed by atoms with van der Waals surface area (Å²) in [6.07, 6.45) is 7.85. The van der Waals surface area contributed by atoms with Crippen LogP contribution >= 0.6 is 27.5 Å². The number of hydrogen-bond donors (Lipinski definition) is 2. The molecule has 74 heavy (non-hydrogen) atoms. The van der Waals surface area contributed by atoms with Gasteiger partial charge in [-0.15, -0.1) is 0 Å². The Hall–Kier alpha value is -7.49. The maximum absolute atomic E-state index is 13.4. The zero-order valence-corrected chi connectivity index (χ0v) is 45.1. The molecule has 2 unspecified atom stereocenters. The van der Waals surface area contributed by atoms with Crippen LogP contribution in [0.3, 0.4) is 0 Å². The number of halogens is 2. The minimum atomic E-state index is -1.03. The molecule has 0 radical (unpaired) electrons. The summed E-state index contributed by atoms with van der Waals surface area (Å²) >= 11 is 9.81. The quantitative estimate of drug-likeness (QED) is 0.120. The molecule has 2 N–H and O–H groups in total. The highest BCUT2D eigenvalue weighted by atomic mass is 79.9. The zero-order valence-electron chi connectivity index (χ0n) is 42.7. The van der Waals surface area contributed by atoms with E-state index in [2.05, 4.69) is 66.4 Å². The molecule has 0 aromatic heterocycles. The number of nitroso groups, excluding NO2 is 2. The minimum absolute atomic E-state index is 0.0218. The molecule has 16 heteroatoms. The van der Waals surface area contributed by atoms with Gasteiger partial charge in [-0.2, -0.15) is 0 Å². The first-order valence-electron chi connectivity index (χ1n) is 24.2. The number of amides is 2. The number of carbonyl (C=O) groups is 2. The third-order valence-electron chi connectivity index (χ3n) is 14.3. The van der Waals surface area contributed by atoms with Crippen LogP contribution in [-0.4, -0.2) is 73.7 Å². The van der Waals surface area contributed by atoms with Gasteiger partial charge in [0, 0.05) is 64.1 Å². The molecular weight excluding hydrogens is 1020 g/mol. The second-order valence-corrected chi connectivity index (χ2v) is 21.0. The molecule has 2 atom stereocenters. The van der Waals surface area contributed by atoms with Crippen molar-refractivity contribution in [3.63, 3.8) is 0 Å². The molecule has 14 nitrogen and oxygen atoms in total. The number of nitrogens with zero attached hydrogens (tertiary/aromatic N) is 4. The van der Waals surface area contributed by atoms with E-state index in [0.29, 0.717) is 57.4 Å². The predicted octanol–water partition coefficient (Wildman–Crippen LogP) is 12.7. The van der Waals surface area contributed by atoms with Gasteiger partial charge < -0.3 is 39.4 Å². The minimum Gasteiger partial charge on any atom is -0.493 e. The molecule has 6 aromatic carbocycles. The van der Waals surface area contributed by atoms with Crippen molar-refractivity contribution in [2.45, 2.75) is 63.8 Å². The summed E-state index contributed by atoms with van der Waals surface area (Å²) in [4.78, 5) is 54.8. The van der Waals surface area contributed by atoms with Crippen LogP contribution in [0.5, 0.6) is 23.0 Å². The Bertz CT molecular complexity index is 3320. The van der Waals surface area contributed by atoms with Crippen molar-refractivity contribution in [3.05, 3.63) is 175 Å². The largest absolute Gasteiger partial charge is 0.493 e. The van der Waals surface area contributed by atoms with Gasteiger partial charge in [-0.05, 0) is 131 Å². The van der Waals surface area contributed by atoms with Gasteiger partial charge >= 0.3 is 0 Å². The SMILES string of the molecule is CCOc1cc([N+](C)=O)cc2c1OC1(C=C2)N(CC(=O)Nc2ccc(Br)cc2)c2ccccc2C1(C)C.COc1cc([N+](C)=O)cc2c1OC1(C=C2)N(CC(=O)Nc2ccc(C)cc2Cl)c2ccccc2C1(C)C.